The summed E-state index contributed by atoms with van der Waals surface area (Å²) in [5.41, 5.74) is 6.03. The van der Waals surface area contributed by atoms with Crippen LogP contribution in [0.4, 0.5) is 5.13 Å². The third kappa shape index (κ3) is 1.53. The highest BCUT2D eigenvalue weighted by Crippen LogP contribution is 2.21. The number of hydrogen-bond acceptors (Lipinski definition) is 4. The van der Waals surface area contributed by atoms with Gasteiger partial charge in [0.05, 0.1) is 15.2 Å². The maximum absolute atomic E-state index is 8.62. The van der Waals surface area contributed by atoms with Crippen LogP contribution in [-0.2, 0) is 6.61 Å². The van der Waals surface area contributed by atoms with Crippen LogP contribution in [0.25, 0.3) is 0 Å². The van der Waals surface area contributed by atoms with Crippen molar-refractivity contribution in [1.82, 2.24) is 4.98 Å². The van der Waals surface area contributed by atoms with Crippen LogP contribution in [-0.4, -0.2) is 10.1 Å². The highest BCUT2D eigenvalue weighted by atomic mass is 127. The molecular formula is C4H5IN2OS. The molecule has 0 bridgehead atoms. The first-order chi connectivity index (χ1) is 4.24. The molecule has 0 aliphatic heterocycles. The summed E-state index contributed by atoms with van der Waals surface area (Å²) in [5, 5.41) is 9.13. The number of hydrogen-bond donors (Lipinski definition) is 2. The second kappa shape index (κ2) is 2.80. The molecule has 9 heavy (non-hydrogen) atoms. The van der Waals surface area contributed by atoms with Gasteiger partial charge in [0.25, 0.3) is 0 Å². The van der Waals surface area contributed by atoms with Gasteiger partial charge in [0, 0.05) is 0 Å². The van der Waals surface area contributed by atoms with E-state index in [0.29, 0.717) is 10.8 Å². The zero-order valence-electron chi connectivity index (χ0n) is 4.47. The van der Waals surface area contributed by atoms with Gasteiger partial charge in [-0.2, -0.15) is 0 Å². The third-order valence-corrected chi connectivity index (χ3v) is 2.81. The quantitative estimate of drug-likeness (QED) is 0.731. The van der Waals surface area contributed by atoms with Crippen LogP contribution in [0.3, 0.4) is 0 Å². The smallest absolute Gasteiger partial charge is 0.181 e. The molecule has 0 saturated carbocycles. The molecule has 1 aromatic rings. The summed E-state index contributed by atoms with van der Waals surface area (Å²) in [4.78, 5) is 3.87. The van der Waals surface area contributed by atoms with Crippen molar-refractivity contribution < 1.29 is 5.11 Å². The Balaban J connectivity index is 3.01. The molecule has 0 aliphatic rings. The molecule has 0 aliphatic carbocycles. The standard InChI is InChI=1S/C4H5IN2OS/c5-3-2(1-8)7-4(6)9-3/h8H,1H2,(H2,6,7). The molecule has 0 saturated heterocycles. The van der Waals surface area contributed by atoms with Crippen molar-refractivity contribution in [1.29, 1.82) is 0 Å². The van der Waals surface area contributed by atoms with Gasteiger partial charge in [-0.25, -0.2) is 4.98 Å². The second-order valence-electron chi connectivity index (χ2n) is 1.43. The van der Waals surface area contributed by atoms with Crippen LogP contribution < -0.4 is 5.73 Å². The fourth-order valence-corrected chi connectivity index (χ4v) is 1.98. The normalized spacial score (nSPS) is 10.0. The molecule has 0 aromatic carbocycles. The van der Waals surface area contributed by atoms with Crippen LogP contribution >= 0.6 is 33.9 Å². The summed E-state index contributed by atoms with van der Waals surface area (Å²) < 4.78 is 0.965. The van der Waals surface area contributed by atoms with E-state index in [-0.39, 0.29) is 6.61 Å². The fourth-order valence-electron chi connectivity index (χ4n) is 0.448. The Morgan fingerprint density at radius 1 is 1.78 bits per heavy atom. The number of aliphatic hydroxyl groups excluding tert-OH is 1. The summed E-state index contributed by atoms with van der Waals surface area (Å²) in [7, 11) is 0. The van der Waals surface area contributed by atoms with E-state index in [1.807, 2.05) is 0 Å². The molecule has 0 unspecified atom stereocenters. The monoisotopic (exact) mass is 256 g/mol. The lowest BCUT2D eigenvalue weighted by Crippen LogP contribution is -1.86. The molecule has 0 fully saturated rings. The summed E-state index contributed by atoms with van der Waals surface area (Å²) >= 11 is 3.48. The summed E-state index contributed by atoms with van der Waals surface area (Å²) in [6, 6.07) is 0. The SMILES string of the molecule is Nc1nc(CO)c(I)s1. The number of halogens is 1. The highest BCUT2D eigenvalue weighted by Gasteiger charge is 2.03. The van der Waals surface area contributed by atoms with Gasteiger partial charge in [0.2, 0.25) is 0 Å². The Bertz CT molecular complexity index is 212. The van der Waals surface area contributed by atoms with Gasteiger partial charge in [-0.3, -0.25) is 0 Å². The first-order valence-corrected chi connectivity index (χ1v) is 4.15. The van der Waals surface area contributed by atoms with Crippen LogP contribution in [0.1, 0.15) is 5.69 Å². The molecule has 1 heterocycles. The molecule has 3 nitrogen and oxygen atoms in total. The number of aliphatic hydroxyl groups is 1. The lowest BCUT2D eigenvalue weighted by Gasteiger charge is -1.83. The van der Waals surface area contributed by atoms with E-state index in [1.54, 1.807) is 0 Å². The lowest BCUT2D eigenvalue weighted by molar-refractivity contribution is 0.277. The molecular weight excluding hydrogens is 251 g/mol. The van der Waals surface area contributed by atoms with Gasteiger partial charge < -0.3 is 10.8 Å². The van der Waals surface area contributed by atoms with Crippen LogP contribution in [0.5, 0.6) is 0 Å². The van der Waals surface area contributed by atoms with E-state index in [9.17, 15) is 0 Å². The third-order valence-electron chi connectivity index (χ3n) is 0.816. The predicted octanol–water partition coefficient (Wildman–Crippen LogP) is 0.822. The van der Waals surface area contributed by atoms with Gasteiger partial charge in [-0.05, 0) is 22.6 Å². The number of anilines is 1. The van der Waals surface area contributed by atoms with E-state index in [4.69, 9.17) is 10.8 Å². The molecule has 1 aromatic heterocycles. The van der Waals surface area contributed by atoms with Gasteiger partial charge >= 0.3 is 0 Å². The van der Waals surface area contributed by atoms with Crippen molar-refractivity contribution in [2.45, 2.75) is 6.61 Å². The molecule has 1 rings (SSSR count). The number of thiazole rings is 1. The zero-order chi connectivity index (χ0) is 6.85. The Morgan fingerprint density at radius 3 is 2.67 bits per heavy atom. The second-order valence-corrected chi connectivity index (χ2v) is 4.27. The Kier molecular flexibility index (Phi) is 2.25. The Hall–Kier alpha value is 0.120. The Labute approximate surface area is 70.1 Å². The fraction of sp³-hybridized carbons (Fsp3) is 0.250. The van der Waals surface area contributed by atoms with E-state index in [1.165, 1.54) is 11.3 Å². The van der Waals surface area contributed by atoms with Crippen LogP contribution in [0.2, 0.25) is 0 Å². The highest BCUT2D eigenvalue weighted by molar-refractivity contribution is 14.1. The maximum Gasteiger partial charge on any atom is 0.181 e. The molecule has 5 heteroatoms. The average molecular weight is 256 g/mol. The van der Waals surface area contributed by atoms with Gasteiger partial charge in [-0.1, -0.05) is 11.3 Å². The van der Waals surface area contributed by atoms with Crippen molar-refractivity contribution in [3.63, 3.8) is 0 Å². The molecule has 0 spiro atoms. The van der Waals surface area contributed by atoms with Crippen molar-refractivity contribution in [3.8, 4) is 0 Å². The van der Waals surface area contributed by atoms with E-state index >= 15 is 0 Å². The summed E-state index contributed by atoms with van der Waals surface area (Å²) in [6.07, 6.45) is 0. The van der Waals surface area contributed by atoms with Crippen molar-refractivity contribution in [3.05, 3.63) is 8.58 Å². The number of rotatable bonds is 1. The minimum atomic E-state index is -0.0219. The Morgan fingerprint density at radius 2 is 2.44 bits per heavy atom. The largest absolute Gasteiger partial charge is 0.390 e. The predicted molar refractivity (Wildman–Crippen MR) is 45.2 cm³/mol. The molecule has 0 atom stereocenters. The summed E-state index contributed by atoms with van der Waals surface area (Å²) in [6.45, 7) is -0.0219. The first kappa shape index (κ1) is 7.23. The lowest BCUT2D eigenvalue weighted by atomic mass is 10.5. The van der Waals surface area contributed by atoms with E-state index < -0.39 is 0 Å². The number of nitrogens with zero attached hydrogens (tertiary/aromatic N) is 1. The minimum absolute atomic E-state index is 0.0219. The maximum atomic E-state index is 8.62. The molecule has 50 valence electrons. The van der Waals surface area contributed by atoms with Crippen molar-refractivity contribution in [2.24, 2.45) is 0 Å². The molecule has 0 amide bonds. The van der Waals surface area contributed by atoms with Gasteiger partial charge in [-0.15, -0.1) is 0 Å². The van der Waals surface area contributed by atoms with Gasteiger partial charge in [0.1, 0.15) is 0 Å². The molecule has 0 radical (unpaired) electrons. The number of nitrogen functional groups attached to an aromatic ring is 1. The average Bonchev–Trinajstić information content (AvgIpc) is 2.10. The van der Waals surface area contributed by atoms with Crippen molar-refractivity contribution >= 4 is 39.1 Å². The van der Waals surface area contributed by atoms with Gasteiger partial charge in [0.15, 0.2) is 5.13 Å². The summed E-state index contributed by atoms with van der Waals surface area (Å²) in [5.74, 6) is 0. The topological polar surface area (TPSA) is 59.1 Å². The van der Waals surface area contributed by atoms with Crippen LogP contribution in [0, 0.1) is 2.88 Å². The molecule has 3 N–H and O–H groups in total. The first-order valence-electron chi connectivity index (χ1n) is 2.25. The van der Waals surface area contributed by atoms with Crippen molar-refractivity contribution in [2.75, 3.05) is 5.73 Å². The number of aromatic nitrogens is 1. The van der Waals surface area contributed by atoms with E-state index in [0.717, 1.165) is 2.88 Å². The number of nitrogens with two attached hydrogens (primary N) is 1. The van der Waals surface area contributed by atoms with E-state index in [2.05, 4.69) is 27.6 Å². The zero-order valence-corrected chi connectivity index (χ0v) is 7.44. The van der Waals surface area contributed by atoms with Crippen LogP contribution in [0.15, 0.2) is 0 Å². The minimum Gasteiger partial charge on any atom is -0.390 e.